The Labute approximate surface area is 164 Å². The first-order valence-electron chi connectivity index (χ1n) is 9.10. The molecule has 5 nitrogen and oxygen atoms in total. The minimum atomic E-state index is -3.70. The molecule has 142 valence electrons. The van der Waals surface area contributed by atoms with E-state index in [9.17, 15) is 13.2 Å². The largest absolute Gasteiger partial charge is 0.349 e. The maximum atomic E-state index is 12.5. The summed E-state index contributed by atoms with van der Waals surface area (Å²) >= 11 is 5.80. The summed E-state index contributed by atoms with van der Waals surface area (Å²) in [7, 11) is -3.70. The van der Waals surface area contributed by atoms with Gasteiger partial charge >= 0.3 is 0 Å². The molecule has 2 aliphatic rings. The summed E-state index contributed by atoms with van der Waals surface area (Å²) in [6.07, 6.45) is 4.81. The van der Waals surface area contributed by atoms with E-state index in [4.69, 9.17) is 11.6 Å². The van der Waals surface area contributed by atoms with Crippen LogP contribution in [-0.4, -0.2) is 20.4 Å². The SMILES string of the molecule is O=C(N[C@@H]1C[C@@H]2CC[C@@H]1C2)c1ccc(NS(=O)(=O)c2ccc(Cl)cc2)cc1. The Kier molecular flexibility index (Phi) is 4.86. The summed E-state index contributed by atoms with van der Waals surface area (Å²) in [5.74, 6) is 1.29. The van der Waals surface area contributed by atoms with E-state index in [0.29, 0.717) is 22.2 Å². The third-order valence-electron chi connectivity index (χ3n) is 5.58. The Morgan fingerprint density at radius 1 is 0.963 bits per heavy atom. The Morgan fingerprint density at radius 2 is 1.67 bits per heavy atom. The number of amides is 1. The number of rotatable bonds is 5. The van der Waals surface area contributed by atoms with E-state index in [0.717, 1.165) is 12.3 Å². The molecular formula is C20H21ClN2O3S. The molecule has 2 aliphatic carbocycles. The van der Waals surface area contributed by atoms with E-state index in [-0.39, 0.29) is 16.8 Å². The monoisotopic (exact) mass is 404 g/mol. The van der Waals surface area contributed by atoms with Crippen LogP contribution in [0.5, 0.6) is 0 Å². The molecule has 2 N–H and O–H groups in total. The Hall–Kier alpha value is -2.05. The highest BCUT2D eigenvalue weighted by Crippen LogP contribution is 2.44. The van der Waals surface area contributed by atoms with E-state index in [1.165, 1.54) is 43.5 Å². The minimum absolute atomic E-state index is 0.0975. The first kappa shape index (κ1) is 18.3. The van der Waals surface area contributed by atoms with E-state index in [2.05, 4.69) is 10.0 Å². The quantitative estimate of drug-likeness (QED) is 0.789. The number of halogens is 1. The molecular weight excluding hydrogens is 384 g/mol. The van der Waals surface area contributed by atoms with Gasteiger partial charge in [0.2, 0.25) is 0 Å². The molecule has 3 atom stereocenters. The summed E-state index contributed by atoms with van der Waals surface area (Å²) in [5.41, 5.74) is 0.939. The van der Waals surface area contributed by atoms with Crippen LogP contribution in [0.2, 0.25) is 5.02 Å². The first-order chi connectivity index (χ1) is 12.9. The Morgan fingerprint density at radius 3 is 2.26 bits per heavy atom. The number of fused-ring (bicyclic) bond motifs is 2. The lowest BCUT2D eigenvalue weighted by Gasteiger charge is -2.22. The van der Waals surface area contributed by atoms with Crippen molar-refractivity contribution in [3.05, 3.63) is 59.1 Å². The normalized spacial score (nSPS) is 24.0. The number of benzene rings is 2. The minimum Gasteiger partial charge on any atom is -0.349 e. The number of sulfonamides is 1. The van der Waals surface area contributed by atoms with Gasteiger partial charge in [0.05, 0.1) is 4.90 Å². The molecule has 0 radical (unpaired) electrons. The van der Waals surface area contributed by atoms with Crippen LogP contribution in [0.25, 0.3) is 0 Å². The maximum Gasteiger partial charge on any atom is 0.261 e. The van der Waals surface area contributed by atoms with E-state index in [1.54, 1.807) is 24.3 Å². The third kappa shape index (κ3) is 3.96. The standard InChI is InChI=1S/C20H21ClN2O3S/c21-16-5-9-18(10-6-16)27(25,26)23-17-7-3-14(4-8-17)20(24)22-19-12-13-1-2-15(19)11-13/h3-10,13,15,19,23H,1-2,11-12H2,(H,22,24)/t13-,15-,19-/m1/s1. The highest BCUT2D eigenvalue weighted by molar-refractivity contribution is 7.92. The van der Waals surface area contributed by atoms with Crippen LogP contribution in [-0.2, 0) is 10.0 Å². The van der Waals surface area contributed by atoms with Gasteiger partial charge in [0, 0.05) is 22.3 Å². The van der Waals surface area contributed by atoms with Gasteiger partial charge in [-0.15, -0.1) is 0 Å². The fourth-order valence-electron chi connectivity index (χ4n) is 4.19. The van der Waals surface area contributed by atoms with Gasteiger partial charge in [-0.2, -0.15) is 0 Å². The highest BCUT2D eigenvalue weighted by Gasteiger charge is 2.40. The Balaban J connectivity index is 1.41. The fourth-order valence-corrected chi connectivity index (χ4v) is 5.38. The van der Waals surface area contributed by atoms with E-state index >= 15 is 0 Å². The van der Waals surface area contributed by atoms with Gasteiger partial charge in [-0.25, -0.2) is 8.42 Å². The number of hydrogen-bond donors (Lipinski definition) is 2. The zero-order valence-corrected chi connectivity index (χ0v) is 16.3. The molecule has 7 heteroatoms. The van der Waals surface area contributed by atoms with Gasteiger partial charge in [-0.1, -0.05) is 18.0 Å². The molecule has 4 rings (SSSR count). The van der Waals surface area contributed by atoms with Gasteiger partial charge < -0.3 is 5.32 Å². The van der Waals surface area contributed by atoms with Crippen LogP contribution in [0.3, 0.4) is 0 Å². The summed E-state index contributed by atoms with van der Waals surface area (Å²) < 4.78 is 27.3. The van der Waals surface area contributed by atoms with Gasteiger partial charge in [0.1, 0.15) is 0 Å². The molecule has 0 spiro atoms. The topological polar surface area (TPSA) is 75.3 Å². The second kappa shape index (κ2) is 7.17. The molecule has 0 heterocycles. The lowest BCUT2D eigenvalue weighted by molar-refractivity contribution is 0.0923. The van der Waals surface area contributed by atoms with Crippen molar-refractivity contribution >= 4 is 33.2 Å². The van der Waals surface area contributed by atoms with Gasteiger partial charge in [0.25, 0.3) is 15.9 Å². The average molecular weight is 405 g/mol. The molecule has 2 aromatic carbocycles. The van der Waals surface area contributed by atoms with Crippen molar-refractivity contribution in [1.82, 2.24) is 5.32 Å². The second-order valence-electron chi connectivity index (χ2n) is 7.39. The van der Waals surface area contributed by atoms with Crippen molar-refractivity contribution in [2.45, 2.75) is 36.6 Å². The molecule has 0 aliphatic heterocycles. The highest BCUT2D eigenvalue weighted by atomic mass is 35.5. The maximum absolute atomic E-state index is 12.5. The molecule has 0 saturated heterocycles. The molecule has 2 saturated carbocycles. The van der Waals surface area contributed by atoms with Crippen LogP contribution in [0, 0.1) is 11.8 Å². The molecule has 2 aromatic rings. The van der Waals surface area contributed by atoms with Crippen molar-refractivity contribution in [1.29, 1.82) is 0 Å². The lowest BCUT2D eigenvalue weighted by Crippen LogP contribution is -2.38. The summed E-state index contributed by atoms with van der Waals surface area (Å²) in [5, 5.41) is 3.61. The Bertz CT molecular complexity index is 942. The van der Waals surface area contributed by atoms with Crippen LogP contribution in [0.1, 0.15) is 36.0 Å². The lowest BCUT2D eigenvalue weighted by atomic mass is 9.95. The number of hydrogen-bond acceptors (Lipinski definition) is 3. The summed E-state index contributed by atoms with van der Waals surface area (Å²) in [6.45, 7) is 0. The number of nitrogens with one attached hydrogen (secondary N) is 2. The van der Waals surface area contributed by atoms with Crippen LogP contribution in [0.4, 0.5) is 5.69 Å². The second-order valence-corrected chi connectivity index (χ2v) is 9.51. The summed E-state index contributed by atoms with van der Waals surface area (Å²) in [6, 6.07) is 12.7. The van der Waals surface area contributed by atoms with Crippen molar-refractivity contribution in [3.8, 4) is 0 Å². The van der Waals surface area contributed by atoms with Crippen LogP contribution < -0.4 is 10.0 Å². The number of carbonyl (C=O) groups excluding carboxylic acids is 1. The molecule has 2 bridgehead atoms. The van der Waals surface area contributed by atoms with Crippen molar-refractivity contribution in [2.24, 2.45) is 11.8 Å². The number of anilines is 1. The van der Waals surface area contributed by atoms with Crippen molar-refractivity contribution < 1.29 is 13.2 Å². The third-order valence-corrected chi connectivity index (χ3v) is 7.23. The zero-order valence-electron chi connectivity index (χ0n) is 14.7. The predicted octanol–water partition coefficient (Wildman–Crippen LogP) is 4.06. The molecule has 27 heavy (non-hydrogen) atoms. The first-order valence-corrected chi connectivity index (χ1v) is 11.0. The molecule has 0 unspecified atom stereocenters. The molecule has 1 amide bonds. The fraction of sp³-hybridized carbons (Fsp3) is 0.350. The van der Waals surface area contributed by atoms with Crippen LogP contribution in [0.15, 0.2) is 53.4 Å². The zero-order chi connectivity index (χ0) is 19.0. The van der Waals surface area contributed by atoms with Gasteiger partial charge in [-0.3, -0.25) is 9.52 Å². The van der Waals surface area contributed by atoms with Crippen LogP contribution >= 0.6 is 11.6 Å². The van der Waals surface area contributed by atoms with Crippen molar-refractivity contribution in [3.63, 3.8) is 0 Å². The van der Waals surface area contributed by atoms with Gasteiger partial charge in [-0.05, 0) is 79.6 Å². The van der Waals surface area contributed by atoms with E-state index < -0.39 is 10.0 Å². The smallest absolute Gasteiger partial charge is 0.261 e. The number of carbonyl (C=O) groups is 1. The van der Waals surface area contributed by atoms with Gasteiger partial charge in [0.15, 0.2) is 0 Å². The summed E-state index contributed by atoms with van der Waals surface area (Å²) in [4.78, 5) is 12.6. The van der Waals surface area contributed by atoms with Crippen molar-refractivity contribution in [2.75, 3.05) is 4.72 Å². The predicted molar refractivity (Wildman–Crippen MR) is 105 cm³/mol. The van der Waals surface area contributed by atoms with E-state index in [1.807, 2.05) is 0 Å². The molecule has 0 aromatic heterocycles. The average Bonchev–Trinajstić information content (AvgIpc) is 3.25. The molecule has 2 fully saturated rings.